The molecule has 0 aliphatic heterocycles. The van der Waals surface area contributed by atoms with Gasteiger partial charge in [0.05, 0.1) is 6.10 Å². The van der Waals surface area contributed by atoms with Crippen LogP contribution in [0.5, 0.6) is 0 Å². The fourth-order valence-electron chi connectivity index (χ4n) is 3.01. The molecule has 1 aromatic heterocycles. The van der Waals surface area contributed by atoms with Crippen LogP contribution in [0.4, 0.5) is 0 Å². The molecule has 0 aromatic carbocycles. The molecule has 8 heteroatoms. The predicted octanol–water partition coefficient (Wildman–Crippen LogP) is 2.78. The molecule has 7 nitrogen and oxygen atoms in total. The Hall–Kier alpha value is -0.900. The van der Waals surface area contributed by atoms with Gasteiger partial charge in [-0.05, 0) is 26.7 Å². The van der Waals surface area contributed by atoms with E-state index in [-0.39, 0.29) is 29.4 Å². The molecule has 0 spiro atoms. The van der Waals surface area contributed by atoms with Crippen molar-refractivity contribution in [1.82, 2.24) is 25.4 Å². The Kier molecular flexibility index (Phi) is 9.29. The summed E-state index contributed by atoms with van der Waals surface area (Å²) in [5.41, 5.74) is 0.102. The van der Waals surface area contributed by atoms with Crippen LogP contribution in [0.3, 0.4) is 0 Å². The van der Waals surface area contributed by atoms with Crippen molar-refractivity contribution in [1.29, 1.82) is 0 Å². The van der Waals surface area contributed by atoms with Gasteiger partial charge in [0, 0.05) is 31.7 Å². The van der Waals surface area contributed by atoms with Gasteiger partial charge in [-0.25, -0.2) is 4.99 Å². The Morgan fingerprint density at radius 2 is 2.08 bits per heavy atom. The second-order valence-corrected chi connectivity index (χ2v) is 7.38. The average molecular weight is 478 g/mol. The third-order valence-corrected chi connectivity index (χ3v) is 5.21. The molecule has 150 valence electrons. The summed E-state index contributed by atoms with van der Waals surface area (Å²) in [6.45, 7) is 12.9. The number of hydrogen-bond donors (Lipinski definition) is 2. The fraction of sp³-hybridized carbons (Fsp3) is 0.833. The van der Waals surface area contributed by atoms with E-state index in [1.54, 1.807) is 0 Å². The number of aryl methyl sites for hydroxylation is 1. The van der Waals surface area contributed by atoms with Gasteiger partial charge in [0.1, 0.15) is 12.4 Å². The molecule has 1 fully saturated rings. The largest absolute Gasteiger partial charge is 0.378 e. The number of rotatable bonds is 8. The maximum absolute atomic E-state index is 6.03. The van der Waals surface area contributed by atoms with Crippen molar-refractivity contribution in [3.8, 4) is 0 Å². The van der Waals surface area contributed by atoms with E-state index in [0.29, 0.717) is 18.7 Å². The van der Waals surface area contributed by atoms with Crippen molar-refractivity contribution in [2.24, 2.45) is 17.5 Å². The zero-order valence-electron chi connectivity index (χ0n) is 17.0. The number of ether oxygens (including phenoxy) is 1. The Morgan fingerprint density at radius 1 is 1.35 bits per heavy atom. The van der Waals surface area contributed by atoms with Crippen molar-refractivity contribution in [2.75, 3.05) is 13.2 Å². The Labute approximate surface area is 174 Å². The smallest absolute Gasteiger partial charge is 0.191 e. The number of nitrogens with one attached hydrogen (secondary N) is 2. The van der Waals surface area contributed by atoms with Gasteiger partial charge in [-0.2, -0.15) is 0 Å². The van der Waals surface area contributed by atoms with Crippen LogP contribution in [-0.4, -0.2) is 46.0 Å². The Balaban J connectivity index is 0.00000338. The van der Waals surface area contributed by atoms with Crippen LogP contribution in [0.1, 0.15) is 58.6 Å². The highest BCUT2D eigenvalue weighted by Crippen LogP contribution is 2.42. The van der Waals surface area contributed by atoms with Gasteiger partial charge >= 0.3 is 0 Å². The van der Waals surface area contributed by atoms with Crippen LogP contribution in [0, 0.1) is 12.3 Å². The monoisotopic (exact) mass is 478 g/mol. The van der Waals surface area contributed by atoms with Gasteiger partial charge in [-0.3, -0.25) is 0 Å². The van der Waals surface area contributed by atoms with Gasteiger partial charge in [0.2, 0.25) is 0 Å². The highest BCUT2D eigenvalue weighted by Gasteiger charge is 2.49. The van der Waals surface area contributed by atoms with Crippen molar-refractivity contribution >= 4 is 29.9 Å². The molecule has 0 radical (unpaired) electrons. The first-order chi connectivity index (χ1) is 11.9. The lowest BCUT2D eigenvalue weighted by atomic mass is 9.64. The van der Waals surface area contributed by atoms with E-state index >= 15 is 0 Å². The summed E-state index contributed by atoms with van der Waals surface area (Å²) in [4.78, 5) is 4.68. The second-order valence-electron chi connectivity index (χ2n) is 7.38. The summed E-state index contributed by atoms with van der Waals surface area (Å²) in [6, 6.07) is 0.359. The molecule has 1 heterocycles. The van der Waals surface area contributed by atoms with Crippen LogP contribution < -0.4 is 10.6 Å². The van der Waals surface area contributed by atoms with E-state index in [1.807, 2.05) is 18.5 Å². The maximum Gasteiger partial charge on any atom is 0.191 e. The molecule has 26 heavy (non-hydrogen) atoms. The van der Waals surface area contributed by atoms with E-state index in [4.69, 9.17) is 4.74 Å². The van der Waals surface area contributed by atoms with Crippen LogP contribution in [0.15, 0.2) is 4.99 Å². The van der Waals surface area contributed by atoms with Gasteiger partial charge in [0.25, 0.3) is 0 Å². The van der Waals surface area contributed by atoms with Gasteiger partial charge in [-0.15, -0.1) is 34.2 Å². The Bertz CT molecular complexity index is 586. The average Bonchev–Trinajstić information content (AvgIpc) is 2.90. The molecule has 1 aliphatic rings. The summed E-state index contributed by atoms with van der Waals surface area (Å²) < 4.78 is 8.00. The zero-order chi connectivity index (χ0) is 18.4. The molecule has 0 bridgehead atoms. The number of nitrogens with zero attached hydrogens (tertiary/aromatic N) is 4. The molecule has 0 saturated heterocycles. The van der Waals surface area contributed by atoms with E-state index < -0.39 is 0 Å². The number of aliphatic imine (C=N–C) groups is 1. The minimum Gasteiger partial charge on any atom is -0.378 e. The normalized spacial score (nSPS) is 21.7. The quantitative estimate of drug-likeness (QED) is 0.260. The minimum atomic E-state index is 0. The van der Waals surface area contributed by atoms with E-state index in [1.165, 1.54) is 6.42 Å². The van der Waals surface area contributed by atoms with Crippen LogP contribution >= 0.6 is 24.0 Å². The van der Waals surface area contributed by atoms with E-state index in [2.05, 4.69) is 53.5 Å². The molecule has 0 amide bonds. The lowest BCUT2D eigenvalue weighted by Crippen LogP contribution is -2.63. The first kappa shape index (κ1) is 23.1. The second kappa shape index (κ2) is 10.4. The van der Waals surface area contributed by atoms with E-state index in [9.17, 15) is 0 Å². The topological polar surface area (TPSA) is 76.4 Å². The van der Waals surface area contributed by atoms with Gasteiger partial charge < -0.3 is 19.9 Å². The number of unbranched alkanes of at least 4 members (excludes halogenated alkanes) is 1. The molecule has 2 N–H and O–H groups in total. The number of aromatic nitrogens is 3. The highest BCUT2D eigenvalue weighted by atomic mass is 127. The van der Waals surface area contributed by atoms with Crippen LogP contribution in [0.25, 0.3) is 0 Å². The van der Waals surface area contributed by atoms with E-state index in [0.717, 1.165) is 43.6 Å². The fourth-order valence-corrected chi connectivity index (χ4v) is 3.01. The van der Waals surface area contributed by atoms with Crippen molar-refractivity contribution in [3.05, 3.63) is 11.6 Å². The molecule has 2 rings (SSSR count). The van der Waals surface area contributed by atoms with Crippen molar-refractivity contribution in [3.63, 3.8) is 0 Å². The summed E-state index contributed by atoms with van der Waals surface area (Å²) in [6.07, 6.45) is 3.64. The lowest BCUT2D eigenvalue weighted by molar-refractivity contribution is -0.113. The van der Waals surface area contributed by atoms with Gasteiger partial charge in [-0.1, -0.05) is 27.2 Å². The number of guanidine groups is 1. The zero-order valence-corrected chi connectivity index (χ0v) is 19.3. The summed E-state index contributed by atoms with van der Waals surface area (Å²) in [7, 11) is 1.97. The predicted molar refractivity (Wildman–Crippen MR) is 116 cm³/mol. The highest BCUT2D eigenvalue weighted by molar-refractivity contribution is 14.0. The van der Waals surface area contributed by atoms with Crippen molar-refractivity contribution < 1.29 is 4.74 Å². The third kappa shape index (κ3) is 5.55. The van der Waals surface area contributed by atoms with Crippen LogP contribution in [0.2, 0.25) is 0 Å². The lowest BCUT2D eigenvalue weighted by Gasteiger charge is -2.52. The van der Waals surface area contributed by atoms with Crippen molar-refractivity contribution in [2.45, 2.75) is 72.6 Å². The third-order valence-electron chi connectivity index (χ3n) is 5.21. The molecule has 1 aliphatic carbocycles. The molecule has 2 atom stereocenters. The molecule has 1 aromatic rings. The maximum atomic E-state index is 6.03. The number of halogens is 1. The number of hydrogen-bond acceptors (Lipinski definition) is 4. The SMILES string of the molecule is CCCCOC1CC(NC(=NCc2nnc(C)n2C)NCC)C1(C)C.I. The molecular formula is C18H35IN6O. The molecule has 2 unspecified atom stereocenters. The standard InChI is InChI=1S/C18H34N6O.HI/c1-7-9-10-25-15-11-14(18(15,4)5)21-17(19-8-2)20-12-16-23-22-13(3)24(16)6;/h14-15H,7-12H2,1-6H3,(H2,19,20,21);1H. The summed E-state index contributed by atoms with van der Waals surface area (Å²) in [5.74, 6) is 2.59. The first-order valence-electron chi connectivity index (χ1n) is 9.41. The minimum absolute atomic E-state index is 0. The first-order valence-corrected chi connectivity index (χ1v) is 9.41. The summed E-state index contributed by atoms with van der Waals surface area (Å²) >= 11 is 0. The molecular weight excluding hydrogens is 443 g/mol. The summed E-state index contributed by atoms with van der Waals surface area (Å²) in [5, 5.41) is 15.1. The molecule has 1 saturated carbocycles. The Morgan fingerprint density at radius 3 is 2.62 bits per heavy atom. The van der Waals surface area contributed by atoms with Gasteiger partial charge in [0.15, 0.2) is 11.8 Å². The van der Waals surface area contributed by atoms with Crippen LogP contribution in [-0.2, 0) is 18.3 Å².